The van der Waals surface area contributed by atoms with Crippen molar-refractivity contribution in [3.8, 4) is 0 Å². The van der Waals surface area contributed by atoms with Gasteiger partial charge in [0.05, 0.1) is 0 Å². The largest absolute Gasteiger partial charge is 0.225 e. The highest BCUT2D eigenvalue weighted by Gasteiger charge is 1.94. The topological polar surface area (TPSA) is 12.9 Å². The first-order chi connectivity index (χ1) is 4.86. The third kappa shape index (κ3) is 0.895. The van der Waals surface area contributed by atoms with Crippen molar-refractivity contribution < 1.29 is 0 Å². The van der Waals surface area contributed by atoms with Gasteiger partial charge in [-0.05, 0) is 23.6 Å². The van der Waals surface area contributed by atoms with E-state index in [1.807, 2.05) is 17.5 Å². The van der Waals surface area contributed by atoms with Gasteiger partial charge in [-0.15, -0.1) is 11.3 Å². The molecule has 0 spiro atoms. The highest BCUT2D eigenvalue weighted by molar-refractivity contribution is 7.16. The van der Waals surface area contributed by atoms with Crippen molar-refractivity contribution in [1.29, 1.82) is 0 Å². The summed E-state index contributed by atoms with van der Waals surface area (Å²) in [6.07, 6.45) is 0. The van der Waals surface area contributed by atoms with E-state index in [0.717, 1.165) is 10.2 Å². The van der Waals surface area contributed by atoms with Crippen molar-refractivity contribution in [2.24, 2.45) is 0 Å². The van der Waals surface area contributed by atoms with E-state index >= 15 is 0 Å². The highest BCUT2D eigenvalue weighted by atomic mass is 35.5. The van der Waals surface area contributed by atoms with Crippen LogP contribution >= 0.6 is 22.9 Å². The van der Waals surface area contributed by atoms with E-state index in [2.05, 4.69) is 4.98 Å². The molecule has 0 radical (unpaired) electrons. The summed E-state index contributed by atoms with van der Waals surface area (Å²) in [5.41, 5.74) is 0. The number of hydrogen-bond donors (Lipinski definition) is 0. The lowest BCUT2D eigenvalue weighted by Crippen LogP contribution is -1.70. The van der Waals surface area contributed by atoms with Crippen LogP contribution in [0.15, 0.2) is 23.6 Å². The predicted molar refractivity (Wildman–Crippen MR) is 44.6 cm³/mol. The lowest BCUT2D eigenvalue weighted by molar-refractivity contribution is 1.44. The van der Waals surface area contributed by atoms with Gasteiger partial charge in [-0.3, -0.25) is 0 Å². The van der Waals surface area contributed by atoms with Crippen LogP contribution < -0.4 is 0 Å². The van der Waals surface area contributed by atoms with Crippen molar-refractivity contribution in [2.45, 2.75) is 0 Å². The maximum Gasteiger partial charge on any atom is 0.130 e. The Balaban J connectivity index is 2.86. The Morgan fingerprint density at radius 1 is 1.30 bits per heavy atom. The van der Waals surface area contributed by atoms with Crippen molar-refractivity contribution in [2.75, 3.05) is 0 Å². The van der Waals surface area contributed by atoms with Crippen LogP contribution in [0.2, 0.25) is 5.15 Å². The molecule has 0 saturated carbocycles. The van der Waals surface area contributed by atoms with Crippen LogP contribution in [0.25, 0.3) is 10.2 Å². The molecule has 3 heteroatoms. The number of nitrogens with zero attached hydrogens (tertiary/aromatic N) is 1. The highest BCUT2D eigenvalue weighted by Crippen LogP contribution is 2.19. The molecule has 0 atom stereocenters. The third-order valence-corrected chi connectivity index (χ3v) is 2.32. The molecule has 0 N–H and O–H groups in total. The minimum Gasteiger partial charge on any atom is -0.225 e. The summed E-state index contributed by atoms with van der Waals surface area (Å²) in [7, 11) is 0. The number of pyridine rings is 1. The molecular weight excluding hydrogens is 166 g/mol. The molecule has 0 aliphatic heterocycles. The van der Waals surface area contributed by atoms with Gasteiger partial charge in [-0.1, -0.05) is 11.6 Å². The Morgan fingerprint density at radius 2 is 2.20 bits per heavy atom. The Labute approximate surface area is 67.3 Å². The van der Waals surface area contributed by atoms with Gasteiger partial charge in [-0.2, -0.15) is 0 Å². The molecule has 0 aliphatic rings. The molecule has 2 aromatic heterocycles. The van der Waals surface area contributed by atoms with E-state index in [1.165, 1.54) is 0 Å². The predicted octanol–water partition coefficient (Wildman–Crippen LogP) is 2.95. The van der Waals surface area contributed by atoms with E-state index < -0.39 is 0 Å². The molecule has 2 rings (SSSR count). The van der Waals surface area contributed by atoms with Crippen molar-refractivity contribution in [3.05, 3.63) is 28.7 Å². The fourth-order valence-corrected chi connectivity index (χ4v) is 1.79. The SMILES string of the molecule is Clc1ccc2ccsc2n1. The average molecular weight is 170 g/mol. The molecule has 0 amide bonds. The standard InChI is InChI=1S/C7H4ClNS/c8-6-2-1-5-3-4-10-7(5)9-6/h1-4H. The zero-order chi connectivity index (χ0) is 6.97. The minimum atomic E-state index is 0.565. The number of thiophene rings is 1. The molecule has 0 bridgehead atoms. The number of halogens is 1. The second-order valence-corrected chi connectivity index (χ2v) is 3.23. The molecule has 2 heterocycles. The van der Waals surface area contributed by atoms with E-state index in [-0.39, 0.29) is 0 Å². The molecule has 1 nitrogen and oxygen atoms in total. The third-order valence-electron chi connectivity index (χ3n) is 1.28. The molecule has 2 aromatic rings. The van der Waals surface area contributed by atoms with Crippen LogP contribution in [0.1, 0.15) is 0 Å². The first-order valence-electron chi connectivity index (χ1n) is 2.86. The van der Waals surface area contributed by atoms with Gasteiger partial charge < -0.3 is 0 Å². The second-order valence-electron chi connectivity index (χ2n) is 1.95. The molecule has 0 fully saturated rings. The number of fused-ring (bicyclic) bond motifs is 1. The zero-order valence-electron chi connectivity index (χ0n) is 5.04. The smallest absolute Gasteiger partial charge is 0.130 e. The van der Waals surface area contributed by atoms with Crippen LogP contribution in [0.3, 0.4) is 0 Å². The quantitative estimate of drug-likeness (QED) is 0.553. The van der Waals surface area contributed by atoms with E-state index in [1.54, 1.807) is 17.4 Å². The molecule has 0 aliphatic carbocycles. The van der Waals surface area contributed by atoms with Gasteiger partial charge in [0, 0.05) is 5.39 Å². The van der Waals surface area contributed by atoms with Crippen molar-refractivity contribution >= 4 is 33.2 Å². The van der Waals surface area contributed by atoms with Crippen LogP contribution in [0, 0.1) is 0 Å². The van der Waals surface area contributed by atoms with Crippen LogP contribution in [-0.2, 0) is 0 Å². The Morgan fingerprint density at radius 3 is 3.10 bits per heavy atom. The monoisotopic (exact) mass is 169 g/mol. The average Bonchev–Trinajstić information content (AvgIpc) is 2.33. The summed E-state index contributed by atoms with van der Waals surface area (Å²) >= 11 is 7.28. The van der Waals surface area contributed by atoms with Gasteiger partial charge in [0.2, 0.25) is 0 Å². The zero-order valence-corrected chi connectivity index (χ0v) is 6.62. The Kier molecular flexibility index (Phi) is 1.36. The summed E-state index contributed by atoms with van der Waals surface area (Å²) < 4.78 is 0. The fraction of sp³-hybridized carbons (Fsp3) is 0. The van der Waals surface area contributed by atoms with Gasteiger partial charge in [0.1, 0.15) is 9.98 Å². The normalized spacial score (nSPS) is 10.5. The first-order valence-corrected chi connectivity index (χ1v) is 4.12. The molecule has 0 unspecified atom stereocenters. The molecule has 0 aromatic carbocycles. The van der Waals surface area contributed by atoms with Gasteiger partial charge >= 0.3 is 0 Å². The molecule has 10 heavy (non-hydrogen) atoms. The first kappa shape index (κ1) is 6.13. The fourth-order valence-electron chi connectivity index (χ4n) is 0.822. The molecule has 0 saturated heterocycles. The second kappa shape index (κ2) is 2.22. The van der Waals surface area contributed by atoms with Crippen LogP contribution in [0.4, 0.5) is 0 Å². The van der Waals surface area contributed by atoms with Gasteiger partial charge in [-0.25, -0.2) is 4.98 Å². The maximum atomic E-state index is 5.67. The summed E-state index contributed by atoms with van der Waals surface area (Å²) in [4.78, 5) is 5.13. The van der Waals surface area contributed by atoms with E-state index in [4.69, 9.17) is 11.6 Å². The maximum absolute atomic E-state index is 5.67. The van der Waals surface area contributed by atoms with Gasteiger partial charge in [0.15, 0.2) is 0 Å². The Bertz CT molecular complexity index is 355. The molecule has 50 valence electrons. The van der Waals surface area contributed by atoms with E-state index in [0.29, 0.717) is 5.15 Å². The summed E-state index contributed by atoms with van der Waals surface area (Å²) in [5, 5.41) is 3.73. The summed E-state index contributed by atoms with van der Waals surface area (Å²) in [5.74, 6) is 0. The summed E-state index contributed by atoms with van der Waals surface area (Å²) in [6, 6.07) is 5.81. The number of hydrogen-bond acceptors (Lipinski definition) is 2. The number of rotatable bonds is 0. The van der Waals surface area contributed by atoms with Gasteiger partial charge in [0.25, 0.3) is 0 Å². The van der Waals surface area contributed by atoms with E-state index in [9.17, 15) is 0 Å². The minimum absolute atomic E-state index is 0.565. The molecular formula is C7H4ClNS. The van der Waals surface area contributed by atoms with Crippen LogP contribution in [0.5, 0.6) is 0 Å². The Hall–Kier alpha value is -0.600. The number of aromatic nitrogens is 1. The summed E-state index contributed by atoms with van der Waals surface area (Å²) in [6.45, 7) is 0. The van der Waals surface area contributed by atoms with Crippen LogP contribution in [-0.4, -0.2) is 4.98 Å². The van der Waals surface area contributed by atoms with Crippen molar-refractivity contribution in [1.82, 2.24) is 4.98 Å². The lowest BCUT2D eigenvalue weighted by Gasteiger charge is -1.87. The van der Waals surface area contributed by atoms with Crippen molar-refractivity contribution in [3.63, 3.8) is 0 Å². The lowest BCUT2D eigenvalue weighted by atomic mass is 10.4.